The first-order chi connectivity index (χ1) is 14.3. The van der Waals surface area contributed by atoms with Crippen LogP contribution in [0.2, 0.25) is 0 Å². The predicted octanol–water partition coefficient (Wildman–Crippen LogP) is 2.91. The summed E-state index contributed by atoms with van der Waals surface area (Å²) in [5.41, 5.74) is 2.21. The van der Waals surface area contributed by atoms with Crippen molar-refractivity contribution in [3.63, 3.8) is 0 Å². The maximum Gasteiger partial charge on any atom is 0.255 e. The van der Waals surface area contributed by atoms with E-state index in [4.69, 9.17) is 4.74 Å². The Labute approximate surface area is 178 Å². The van der Waals surface area contributed by atoms with Gasteiger partial charge in [-0.05, 0) is 62.6 Å². The third-order valence-electron chi connectivity index (χ3n) is 5.02. The number of nitrogens with one attached hydrogen (secondary N) is 2. The monoisotopic (exact) mass is 431 g/mol. The third-order valence-corrected chi connectivity index (χ3v) is 6.42. The lowest BCUT2D eigenvalue weighted by Gasteiger charge is -2.17. The van der Waals surface area contributed by atoms with Crippen LogP contribution in [0.4, 0.5) is 5.69 Å². The smallest absolute Gasteiger partial charge is 0.255 e. The van der Waals surface area contributed by atoms with E-state index in [1.165, 1.54) is 38.2 Å². The fourth-order valence-corrected chi connectivity index (χ4v) is 4.48. The second kappa shape index (κ2) is 9.49. The second-order valence-corrected chi connectivity index (χ2v) is 9.44. The topological polar surface area (TPSA) is 87.7 Å². The van der Waals surface area contributed by atoms with Crippen molar-refractivity contribution in [3.05, 3.63) is 53.6 Å². The van der Waals surface area contributed by atoms with E-state index in [0.717, 1.165) is 24.3 Å². The zero-order chi connectivity index (χ0) is 21.7. The molecule has 0 spiro atoms. The largest absolute Gasteiger partial charge is 0.496 e. The molecule has 1 amide bonds. The number of rotatable bonds is 8. The summed E-state index contributed by atoms with van der Waals surface area (Å²) in [6, 6.07) is 12.1. The number of sulfonamides is 1. The van der Waals surface area contributed by atoms with Crippen LogP contribution in [-0.4, -0.2) is 40.6 Å². The SMILES string of the molecule is COc1ccc(S(=O)(=O)NCc2ccc(N3CCCC3)cc2)cc1C(=O)NC(C)C. The first-order valence-corrected chi connectivity index (χ1v) is 11.6. The van der Waals surface area contributed by atoms with Crippen molar-refractivity contribution < 1.29 is 17.9 Å². The number of ether oxygens (including phenoxy) is 1. The Morgan fingerprint density at radius 2 is 1.77 bits per heavy atom. The van der Waals surface area contributed by atoms with Gasteiger partial charge in [0, 0.05) is 31.4 Å². The van der Waals surface area contributed by atoms with E-state index in [0.29, 0.717) is 5.75 Å². The number of methoxy groups -OCH3 is 1. The molecule has 0 radical (unpaired) electrons. The average molecular weight is 432 g/mol. The van der Waals surface area contributed by atoms with Crippen LogP contribution in [0.25, 0.3) is 0 Å². The van der Waals surface area contributed by atoms with Gasteiger partial charge in [0.2, 0.25) is 10.0 Å². The lowest BCUT2D eigenvalue weighted by atomic mass is 10.2. The Morgan fingerprint density at radius 1 is 1.10 bits per heavy atom. The Hall–Kier alpha value is -2.58. The molecular weight excluding hydrogens is 402 g/mol. The van der Waals surface area contributed by atoms with Crippen LogP contribution in [0, 0.1) is 0 Å². The van der Waals surface area contributed by atoms with Crippen molar-refractivity contribution in [2.75, 3.05) is 25.1 Å². The van der Waals surface area contributed by atoms with Crippen LogP contribution in [0.3, 0.4) is 0 Å². The first kappa shape index (κ1) is 22.1. The minimum Gasteiger partial charge on any atom is -0.496 e. The fraction of sp³-hybridized carbons (Fsp3) is 0.409. The van der Waals surface area contributed by atoms with Crippen molar-refractivity contribution in [3.8, 4) is 5.75 Å². The van der Waals surface area contributed by atoms with E-state index in [-0.39, 0.29) is 29.0 Å². The number of nitrogens with zero attached hydrogens (tertiary/aromatic N) is 1. The van der Waals surface area contributed by atoms with Gasteiger partial charge >= 0.3 is 0 Å². The molecule has 0 bridgehead atoms. The summed E-state index contributed by atoms with van der Waals surface area (Å²) in [5.74, 6) is -0.0546. The molecule has 8 heteroatoms. The normalized spacial score (nSPS) is 14.2. The molecule has 1 aliphatic rings. The van der Waals surface area contributed by atoms with E-state index in [1.807, 2.05) is 38.1 Å². The Kier molecular flexibility index (Phi) is 6.99. The van der Waals surface area contributed by atoms with E-state index in [1.54, 1.807) is 0 Å². The highest BCUT2D eigenvalue weighted by molar-refractivity contribution is 7.89. The van der Waals surface area contributed by atoms with Gasteiger partial charge in [-0.2, -0.15) is 0 Å². The number of hydrogen-bond donors (Lipinski definition) is 2. The first-order valence-electron chi connectivity index (χ1n) is 10.1. The van der Waals surface area contributed by atoms with Crippen LogP contribution >= 0.6 is 0 Å². The second-order valence-electron chi connectivity index (χ2n) is 7.68. The standard InChI is InChI=1S/C22H29N3O4S/c1-16(2)24-22(26)20-14-19(10-11-21(20)29-3)30(27,28)23-15-17-6-8-18(9-7-17)25-12-4-5-13-25/h6-11,14,16,23H,4-5,12-13,15H2,1-3H3,(H,24,26). The summed E-state index contributed by atoms with van der Waals surface area (Å²) >= 11 is 0. The zero-order valence-electron chi connectivity index (χ0n) is 17.6. The molecule has 2 aromatic rings. The van der Waals surface area contributed by atoms with Gasteiger partial charge in [-0.15, -0.1) is 0 Å². The minimum atomic E-state index is -3.79. The minimum absolute atomic E-state index is 0.0193. The molecule has 2 N–H and O–H groups in total. The lowest BCUT2D eigenvalue weighted by molar-refractivity contribution is 0.0940. The summed E-state index contributed by atoms with van der Waals surface area (Å²) in [6.07, 6.45) is 2.42. The van der Waals surface area contributed by atoms with Crippen LogP contribution in [0.15, 0.2) is 47.4 Å². The molecule has 0 aromatic heterocycles. The maximum absolute atomic E-state index is 12.8. The summed E-state index contributed by atoms with van der Waals surface area (Å²) < 4.78 is 33.4. The molecule has 0 aliphatic carbocycles. The van der Waals surface area contributed by atoms with Gasteiger partial charge in [0.05, 0.1) is 17.6 Å². The van der Waals surface area contributed by atoms with Crippen LogP contribution in [0.5, 0.6) is 5.75 Å². The highest BCUT2D eigenvalue weighted by atomic mass is 32.2. The molecule has 1 saturated heterocycles. The molecule has 1 aliphatic heterocycles. The average Bonchev–Trinajstić information content (AvgIpc) is 3.26. The van der Waals surface area contributed by atoms with Crippen LogP contribution in [0.1, 0.15) is 42.6 Å². The number of anilines is 1. The lowest BCUT2D eigenvalue weighted by Crippen LogP contribution is -2.31. The summed E-state index contributed by atoms with van der Waals surface area (Å²) in [7, 11) is -2.35. The van der Waals surface area contributed by atoms with Gasteiger partial charge in [-0.1, -0.05) is 12.1 Å². The van der Waals surface area contributed by atoms with E-state index < -0.39 is 10.0 Å². The zero-order valence-corrected chi connectivity index (χ0v) is 18.5. The van der Waals surface area contributed by atoms with Crippen molar-refractivity contribution in [1.29, 1.82) is 0 Å². The predicted molar refractivity (Wildman–Crippen MR) is 118 cm³/mol. The molecule has 162 valence electrons. The molecule has 3 rings (SSSR count). The molecule has 0 atom stereocenters. The Bertz CT molecular complexity index is 982. The number of amides is 1. The third kappa shape index (κ3) is 5.31. The summed E-state index contributed by atoms with van der Waals surface area (Å²) in [6.45, 7) is 5.97. The van der Waals surface area contributed by atoms with Gasteiger partial charge in [0.15, 0.2) is 0 Å². The van der Waals surface area contributed by atoms with E-state index in [2.05, 4.69) is 14.9 Å². The van der Waals surface area contributed by atoms with Crippen molar-refractivity contribution in [2.24, 2.45) is 0 Å². The molecule has 0 unspecified atom stereocenters. The van der Waals surface area contributed by atoms with Crippen molar-refractivity contribution in [2.45, 2.75) is 44.2 Å². The molecule has 2 aromatic carbocycles. The number of hydrogen-bond acceptors (Lipinski definition) is 5. The summed E-state index contributed by atoms with van der Waals surface area (Å²) in [5, 5.41) is 2.76. The van der Waals surface area contributed by atoms with Crippen LogP contribution < -0.4 is 19.7 Å². The van der Waals surface area contributed by atoms with Crippen LogP contribution in [-0.2, 0) is 16.6 Å². The fourth-order valence-electron chi connectivity index (χ4n) is 3.43. The number of benzene rings is 2. The molecule has 30 heavy (non-hydrogen) atoms. The Balaban J connectivity index is 1.72. The number of carbonyl (C=O) groups excluding carboxylic acids is 1. The van der Waals surface area contributed by atoms with Gasteiger partial charge in [0.1, 0.15) is 5.75 Å². The van der Waals surface area contributed by atoms with Gasteiger partial charge in [0.25, 0.3) is 5.91 Å². The molecule has 0 saturated carbocycles. The van der Waals surface area contributed by atoms with Gasteiger partial charge < -0.3 is 15.0 Å². The maximum atomic E-state index is 12.8. The van der Waals surface area contributed by atoms with Gasteiger partial charge in [-0.3, -0.25) is 4.79 Å². The highest BCUT2D eigenvalue weighted by Crippen LogP contribution is 2.23. The molecule has 1 heterocycles. The molecule has 7 nitrogen and oxygen atoms in total. The molecular formula is C22H29N3O4S. The quantitative estimate of drug-likeness (QED) is 0.671. The number of carbonyl (C=O) groups is 1. The highest BCUT2D eigenvalue weighted by Gasteiger charge is 2.20. The van der Waals surface area contributed by atoms with E-state index >= 15 is 0 Å². The van der Waals surface area contributed by atoms with Crippen molar-refractivity contribution >= 4 is 21.6 Å². The van der Waals surface area contributed by atoms with Crippen molar-refractivity contribution in [1.82, 2.24) is 10.0 Å². The van der Waals surface area contributed by atoms with E-state index in [9.17, 15) is 13.2 Å². The molecule has 1 fully saturated rings. The Morgan fingerprint density at radius 3 is 2.37 bits per heavy atom. The summed E-state index contributed by atoms with van der Waals surface area (Å²) in [4.78, 5) is 14.8. The van der Waals surface area contributed by atoms with Gasteiger partial charge in [-0.25, -0.2) is 13.1 Å².